The van der Waals surface area contributed by atoms with Gasteiger partial charge in [0.05, 0.1) is 12.7 Å². The van der Waals surface area contributed by atoms with Gasteiger partial charge in [-0.15, -0.1) is 0 Å². The number of fused-ring (bicyclic) bond motifs is 7. The minimum atomic E-state index is -1.14. The van der Waals surface area contributed by atoms with E-state index in [-0.39, 0.29) is 33.7 Å². The molecular formula is C42H64O9. The van der Waals surface area contributed by atoms with Gasteiger partial charge in [-0.2, -0.15) is 0 Å². The maximum absolute atomic E-state index is 13.2. The van der Waals surface area contributed by atoms with Crippen molar-refractivity contribution in [3.8, 4) is 0 Å². The van der Waals surface area contributed by atoms with Gasteiger partial charge in [-0.25, -0.2) is 0 Å². The van der Waals surface area contributed by atoms with E-state index in [1.54, 1.807) is 0 Å². The number of aliphatic hydroxyl groups excluding tert-OH is 1. The lowest BCUT2D eigenvalue weighted by Gasteiger charge is -2.72. The molecular weight excluding hydrogens is 648 g/mol. The fraction of sp³-hybridized carbons (Fsp3) is 0.857. The molecule has 0 aromatic carbocycles. The summed E-state index contributed by atoms with van der Waals surface area (Å²) in [5, 5.41) is 12.2. The smallest absolute Gasteiger partial charge is 0.303 e. The van der Waals surface area contributed by atoms with Crippen molar-refractivity contribution in [2.45, 2.75) is 163 Å². The highest BCUT2D eigenvalue weighted by Crippen LogP contribution is 2.77. The van der Waals surface area contributed by atoms with E-state index in [9.17, 15) is 24.3 Å². The molecule has 6 aliphatic rings. The third kappa shape index (κ3) is 6.03. The molecule has 5 aliphatic carbocycles. The lowest BCUT2D eigenvalue weighted by Crippen LogP contribution is -2.66. The Morgan fingerprint density at radius 1 is 0.804 bits per heavy atom. The summed E-state index contributed by atoms with van der Waals surface area (Å²) in [6, 6.07) is 0. The van der Waals surface area contributed by atoms with Crippen molar-refractivity contribution in [3.05, 3.63) is 12.2 Å². The number of ether oxygens (including phenoxy) is 4. The lowest BCUT2D eigenvalue weighted by molar-refractivity contribution is -0.248. The van der Waals surface area contributed by atoms with Crippen molar-refractivity contribution in [2.24, 2.45) is 56.7 Å². The van der Waals surface area contributed by atoms with Crippen LogP contribution in [0.3, 0.4) is 0 Å². The Morgan fingerprint density at radius 2 is 1.45 bits per heavy atom. The van der Waals surface area contributed by atoms with Crippen LogP contribution in [0, 0.1) is 56.7 Å². The molecule has 51 heavy (non-hydrogen) atoms. The van der Waals surface area contributed by atoms with E-state index >= 15 is 0 Å². The van der Waals surface area contributed by atoms with Crippen molar-refractivity contribution in [1.82, 2.24) is 0 Å². The van der Waals surface area contributed by atoms with Crippen LogP contribution in [0.25, 0.3) is 0 Å². The largest absolute Gasteiger partial charge is 0.456 e. The monoisotopic (exact) mass is 712 g/mol. The Labute approximate surface area is 305 Å². The van der Waals surface area contributed by atoms with Gasteiger partial charge in [0.25, 0.3) is 0 Å². The van der Waals surface area contributed by atoms with Crippen LogP contribution in [0.1, 0.15) is 133 Å². The molecule has 1 heterocycles. The molecule has 286 valence electrons. The molecule has 1 N–H and O–H groups in total. The van der Waals surface area contributed by atoms with Gasteiger partial charge in [-0.3, -0.25) is 19.2 Å². The second kappa shape index (κ2) is 13.2. The Hall–Kier alpha value is -2.26. The third-order valence-electron chi connectivity index (χ3n) is 16.4. The van der Waals surface area contributed by atoms with Gasteiger partial charge < -0.3 is 24.1 Å². The standard InChI is InChI=1S/C42H64O9/c1-23(2)27-13-18-42(21-29(46)35-37(51-26(5)45)36(50-25(4)44)30(22-48-35)49-24(3)43)20-19-40(9)28(34(27)42)11-12-32-39(8)16-15-33(47)38(6,7)31(39)14-17-41(32,40)10/h27-32,34-37,46H,1,11-22H2,2-10H3/t27-,28?,29+,30+,31?,32?,34?,35-,36-,37?,39-,40+,41+,42+/m0/s1. The average Bonchev–Trinajstić information content (AvgIpc) is 3.40. The first-order valence-electron chi connectivity index (χ1n) is 19.7. The van der Waals surface area contributed by atoms with Crippen molar-refractivity contribution in [3.63, 3.8) is 0 Å². The van der Waals surface area contributed by atoms with E-state index in [2.05, 4.69) is 48.1 Å². The maximum atomic E-state index is 13.2. The molecule has 0 amide bonds. The van der Waals surface area contributed by atoms with Gasteiger partial charge in [0, 0.05) is 32.6 Å². The van der Waals surface area contributed by atoms with Crippen LogP contribution in [-0.4, -0.2) is 65.9 Å². The second-order valence-corrected chi connectivity index (χ2v) is 19.1. The zero-order valence-corrected chi connectivity index (χ0v) is 32.7. The number of ketones is 1. The Bertz CT molecular complexity index is 1440. The molecule has 1 aliphatic heterocycles. The molecule has 14 atom stereocenters. The topological polar surface area (TPSA) is 125 Å². The zero-order valence-electron chi connectivity index (χ0n) is 32.7. The molecule has 0 aromatic rings. The molecule has 0 bridgehead atoms. The van der Waals surface area contributed by atoms with E-state index in [1.165, 1.54) is 26.3 Å². The zero-order chi connectivity index (χ0) is 37.5. The molecule has 1 saturated heterocycles. The number of esters is 3. The highest BCUT2D eigenvalue weighted by atomic mass is 16.6. The fourth-order valence-corrected chi connectivity index (χ4v) is 14.1. The minimum Gasteiger partial charge on any atom is -0.456 e. The summed E-state index contributed by atoms with van der Waals surface area (Å²) in [7, 11) is 0. The summed E-state index contributed by atoms with van der Waals surface area (Å²) >= 11 is 0. The molecule has 0 aromatic heterocycles. The number of hydrogen-bond acceptors (Lipinski definition) is 9. The summed E-state index contributed by atoms with van der Waals surface area (Å²) in [5.74, 6) is 0.765. The average molecular weight is 713 g/mol. The molecule has 5 unspecified atom stereocenters. The van der Waals surface area contributed by atoms with E-state index in [4.69, 9.17) is 18.9 Å². The number of rotatable bonds is 7. The Morgan fingerprint density at radius 3 is 2.08 bits per heavy atom. The quantitative estimate of drug-likeness (QED) is 0.166. The maximum Gasteiger partial charge on any atom is 0.303 e. The van der Waals surface area contributed by atoms with Gasteiger partial charge in [0.1, 0.15) is 11.9 Å². The predicted molar refractivity (Wildman–Crippen MR) is 191 cm³/mol. The molecule has 9 heteroatoms. The van der Waals surface area contributed by atoms with Crippen LogP contribution in [0.2, 0.25) is 0 Å². The van der Waals surface area contributed by atoms with Crippen molar-refractivity contribution < 1.29 is 43.2 Å². The van der Waals surface area contributed by atoms with E-state index in [1.807, 2.05) is 0 Å². The first kappa shape index (κ1) is 38.5. The first-order chi connectivity index (χ1) is 23.7. The summed E-state index contributed by atoms with van der Waals surface area (Å²) in [5.41, 5.74) is 1.15. The number of carbonyl (C=O) groups is 4. The van der Waals surface area contributed by atoms with Gasteiger partial charge >= 0.3 is 17.9 Å². The summed E-state index contributed by atoms with van der Waals surface area (Å²) < 4.78 is 23.0. The van der Waals surface area contributed by atoms with Crippen LogP contribution >= 0.6 is 0 Å². The first-order valence-corrected chi connectivity index (χ1v) is 19.7. The lowest BCUT2D eigenvalue weighted by atomic mass is 9.32. The number of hydrogen-bond donors (Lipinski definition) is 1. The van der Waals surface area contributed by atoms with Gasteiger partial charge in [0.2, 0.25) is 0 Å². The summed E-state index contributed by atoms with van der Waals surface area (Å²) in [6.45, 7) is 22.5. The van der Waals surface area contributed by atoms with Crippen molar-refractivity contribution in [1.29, 1.82) is 0 Å². The Kier molecular flexibility index (Phi) is 9.99. The van der Waals surface area contributed by atoms with Crippen LogP contribution in [-0.2, 0) is 38.1 Å². The molecule has 5 saturated carbocycles. The van der Waals surface area contributed by atoms with Crippen LogP contribution < -0.4 is 0 Å². The van der Waals surface area contributed by atoms with Crippen LogP contribution in [0.15, 0.2) is 12.2 Å². The SMILES string of the molecule is C=C(C)[C@@H]1CC[C@]2(C[C@@H](O)[C@@H]3OC[C@@H](OC(C)=O)[C@H](OC(C)=O)C3OC(C)=O)CC[C@]3(C)C(CCC4[C@@]5(C)CCC(=O)C(C)(C)C5CC[C@]43C)C12. The van der Waals surface area contributed by atoms with Crippen molar-refractivity contribution >= 4 is 23.7 Å². The molecule has 9 nitrogen and oxygen atoms in total. The van der Waals surface area contributed by atoms with E-state index in [0.717, 1.165) is 57.8 Å². The Balaban J connectivity index is 1.31. The molecule has 0 radical (unpaired) electrons. The number of Topliss-reactive ketones (excluding diaryl/α,β-unsaturated/α-hetero) is 1. The predicted octanol–water partition coefficient (Wildman–Crippen LogP) is 7.16. The van der Waals surface area contributed by atoms with E-state index < -0.39 is 48.4 Å². The number of aliphatic hydroxyl groups is 1. The highest BCUT2D eigenvalue weighted by Gasteiger charge is 2.71. The number of carbonyl (C=O) groups excluding carboxylic acids is 4. The molecule has 6 rings (SSSR count). The van der Waals surface area contributed by atoms with Gasteiger partial charge in [-0.1, -0.05) is 46.8 Å². The third-order valence-corrected chi connectivity index (χ3v) is 16.4. The fourth-order valence-electron chi connectivity index (χ4n) is 14.1. The number of allylic oxidation sites excluding steroid dienone is 1. The van der Waals surface area contributed by atoms with Crippen molar-refractivity contribution in [2.75, 3.05) is 6.61 Å². The molecule has 6 fully saturated rings. The summed E-state index contributed by atoms with van der Waals surface area (Å²) in [4.78, 5) is 49.8. The molecule has 0 spiro atoms. The van der Waals surface area contributed by atoms with Crippen LogP contribution in [0.5, 0.6) is 0 Å². The van der Waals surface area contributed by atoms with Gasteiger partial charge in [0.15, 0.2) is 18.3 Å². The van der Waals surface area contributed by atoms with Gasteiger partial charge in [-0.05, 0) is 122 Å². The minimum absolute atomic E-state index is 0.0928. The van der Waals surface area contributed by atoms with E-state index in [0.29, 0.717) is 48.2 Å². The van der Waals surface area contributed by atoms with Crippen LogP contribution in [0.4, 0.5) is 0 Å². The second-order valence-electron chi connectivity index (χ2n) is 19.1. The normalized spacial score (nSPS) is 46.3. The summed E-state index contributed by atoms with van der Waals surface area (Å²) in [6.07, 6.45) is 5.54. The highest BCUT2D eigenvalue weighted by molar-refractivity contribution is 5.85.